The number of carboxylic acid groups (broad SMARTS) is 1. The SMILES string of the molecule is O=C(O)CCC1N=NC(SCC(=O)NC2CCCCC2)=NC1=O. The van der Waals surface area contributed by atoms with Gasteiger partial charge in [0.15, 0.2) is 6.04 Å². The Morgan fingerprint density at radius 1 is 1.26 bits per heavy atom. The lowest BCUT2D eigenvalue weighted by atomic mass is 9.95. The smallest absolute Gasteiger partial charge is 0.303 e. The van der Waals surface area contributed by atoms with Crippen LogP contribution in [0.5, 0.6) is 0 Å². The van der Waals surface area contributed by atoms with Crippen LogP contribution in [0.25, 0.3) is 0 Å². The number of aliphatic carboxylic acids is 1. The summed E-state index contributed by atoms with van der Waals surface area (Å²) in [6, 6.07) is -0.583. The van der Waals surface area contributed by atoms with E-state index in [1.165, 1.54) is 6.42 Å². The van der Waals surface area contributed by atoms with Crippen LogP contribution in [-0.2, 0) is 14.4 Å². The van der Waals surface area contributed by atoms with E-state index in [9.17, 15) is 14.4 Å². The maximum Gasteiger partial charge on any atom is 0.303 e. The minimum Gasteiger partial charge on any atom is -0.481 e. The van der Waals surface area contributed by atoms with Crippen LogP contribution in [0.1, 0.15) is 44.9 Å². The molecule has 0 aromatic heterocycles. The molecule has 0 aromatic carbocycles. The van der Waals surface area contributed by atoms with Crippen LogP contribution < -0.4 is 5.32 Å². The largest absolute Gasteiger partial charge is 0.481 e. The van der Waals surface area contributed by atoms with Crippen molar-refractivity contribution in [1.82, 2.24) is 5.32 Å². The predicted octanol–water partition coefficient (Wildman–Crippen LogP) is 1.75. The molecule has 2 aliphatic rings. The minimum absolute atomic E-state index is 0.0846. The third kappa shape index (κ3) is 6.09. The monoisotopic (exact) mass is 340 g/mol. The summed E-state index contributed by atoms with van der Waals surface area (Å²) in [4.78, 5) is 37.9. The van der Waals surface area contributed by atoms with Gasteiger partial charge in [-0.2, -0.15) is 10.1 Å². The van der Waals surface area contributed by atoms with E-state index in [1.54, 1.807) is 0 Å². The van der Waals surface area contributed by atoms with Crippen LogP contribution in [0.2, 0.25) is 0 Å². The summed E-state index contributed by atoms with van der Waals surface area (Å²) in [6.45, 7) is 0. The lowest BCUT2D eigenvalue weighted by Crippen LogP contribution is -2.37. The van der Waals surface area contributed by atoms with Gasteiger partial charge in [0.05, 0.1) is 5.75 Å². The topological polar surface area (TPSA) is 121 Å². The molecule has 1 heterocycles. The zero-order valence-electron chi connectivity index (χ0n) is 12.7. The van der Waals surface area contributed by atoms with Gasteiger partial charge in [-0.25, -0.2) is 0 Å². The van der Waals surface area contributed by atoms with Gasteiger partial charge in [-0.3, -0.25) is 14.4 Å². The lowest BCUT2D eigenvalue weighted by molar-refractivity contribution is -0.137. The van der Waals surface area contributed by atoms with Crippen molar-refractivity contribution in [2.24, 2.45) is 15.2 Å². The highest BCUT2D eigenvalue weighted by Gasteiger charge is 2.24. The summed E-state index contributed by atoms with van der Waals surface area (Å²) in [5.41, 5.74) is 0. The van der Waals surface area contributed by atoms with E-state index < -0.39 is 17.9 Å². The number of carbonyl (C=O) groups is 3. The molecular weight excluding hydrogens is 320 g/mol. The second-order valence-corrected chi connectivity index (χ2v) is 6.53. The molecule has 1 fully saturated rings. The Morgan fingerprint density at radius 3 is 2.65 bits per heavy atom. The number of hydrogen-bond acceptors (Lipinski definition) is 6. The highest BCUT2D eigenvalue weighted by molar-refractivity contribution is 8.14. The van der Waals surface area contributed by atoms with Crippen LogP contribution in [0.15, 0.2) is 15.2 Å². The van der Waals surface area contributed by atoms with Crippen LogP contribution in [-0.4, -0.2) is 45.9 Å². The van der Waals surface area contributed by atoms with Gasteiger partial charge in [-0.1, -0.05) is 31.0 Å². The third-order valence-corrected chi connectivity index (χ3v) is 4.55. The highest BCUT2D eigenvalue weighted by Crippen LogP contribution is 2.19. The predicted molar refractivity (Wildman–Crippen MR) is 85.4 cm³/mol. The van der Waals surface area contributed by atoms with E-state index in [2.05, 4.69) is 20.5 Å². The molecule has 126 valence electrons. The molecule has 9 heteroatoms. The molecule has 1 unspecified atom stereocenters. The average Bonchev–Trinajstić information content (AvgIpc) is 2.53. The molecular formula is C14H20N4O4S. The van der Waals surface area contributed by atoms with Gasteiger partial charge >= 0.3 is 5.97 Å². The standard InChI is InChI=1S/C14H20N4O4S/c19-11(15-9-4-2-1-3-5-9)8-23-14-16-13(22)10(17-18-14)6-7-12(20)21/h9-10H,1-8H2,(H,15,19)(H,20,21). The zero-order chi connectivity index (χ0) is 16.7. The molecule has 8 nitrogen and oxygen atoms in total. The average molecular weight is 340 g/mol. The first-order valence-corrected chi connectivity index (χ1v) is 8.70. The quantitative estimate of drug-likeness (QED) is 0.763. The molecule has 0 bridgehead atoms. The van der Waals surface area contributed by atoms with Crippen molar-refractivity contribution in [3.8, 4) is 0 Å². The molecule has 2 amide bonds. The molecule has 1 aliphatic heterocycles. The molecule has 23 heavy (non-hydrogen) atoms. The first-order chi connectivity index (χ1) is 11.0. The van der Waals surface area contributed by atoms with E-state index in [1.807, 2.05) is 0 Å². The maximum atomic E-state index is 11.9. The van der Waals surface area contributed by atoms with Crippen molar-refractivity contribution >= 4 is 34.7 Å². The summed E-state index contributed by atoms with van der Waals surface area (Å²) in [5.74, 6) is -1.45. The maximum absolute atomic E-state index is 11.9. The van der Waals surface area contributed by atoms with Crippen LogP contribution in [0.3, 0.4) is 0 Å². The summed E-state index contributed by atoms with van der Waals surface area (Å²) in [6.07, 6.45) is 5.47. The Labute approximate surface area is 138 Å². The number of hydrogen-bond donors (Lipinski definition) is 2. The Bertz CT molecular complexity index is 529. The molecule has 0 radical (unpaired) electrons. The van der Waals surface area contributed by atoms with Gasteiger partial charge < -0.3 is 10.4 Å². The van der Waals surface area contributed by atoms with Crippen molar-refractivity contribution in [1.29, 1.82) is 0 Å². The number of azo groups is 1. The van der Waals surface area contributed by atoms with Crippen molar-refractivity contribution in [3.63, 3.8) is 0 Å². The summed E-state index contributed by atoms with van der Waals surface area (Å²) >= 11 is 1.06. The molecule has 1 aliphatic carbocycles. The van der Waals surface area contributed by atoms with Crippen LogP contribution in [0, 0.1) is 0 Å². The Kier molecular flexibility index (Phi) is 6.69. The van der Waals surface area contributed by atoms with E-state index in [0.717, 1.165) is 37.4 Å². The fourth-order valence-corrected chi connectivity index (χ4v) is 3.11. The second kappa shape index (κ2) is 8.76. The molecule has 2 rings (SSSR count). The van der Waals surface area contributed by atoms with Crippen LogP contribution >= 0.6 is 11.8 Å². The molecule has 0 saturated heterocycles. The van der Waals surface area contributed by atoms with E-state index in [4.69, 9.17) is 5.11 Å². The zero-order valence-corrected chi connectivity index (χ0v) is 13.5. The summed E-state index contributed by atoms with van der Waals surface area (Å²) < 4.78 is 0. The molecule has 0 spiro atoms. The van der Waals surface area contributed by atoms with Gasteiger partial charge in [-0.15, -0.1) is 5.11 Å². The number of amides is 2. The molecule has 2 N–H and O–H groups in total. The second-order valence-electron chi connectivity index (χ2n) is 5.59. The van der Waals surface area contributed by atoms with Gasteiger partial charge in [-0.05, 0) is 19.3 Å². The first kappa shape index (κ1) is 17.6. The Balaban J connectivity index is 1.72. The Hall–Kier alpha value is -1.77. The molecule has 1 saturated carbocycles. The number of nitrogens with zero attached hydrogens (tertiary/aromatic N) is 3. The lowest BCUT2D eigenvalue weighted by Gasteiger charge is -2.22. The number of rotatable bonds is 6. The van der Waals surface area contributed by atoms with Gasteiger partial charge in [0, 0.05) is 12.5 Å². The van der Waals surface area contributed by atoms with E-state index in [-0.39, 0.29) is 35.7 Å². The van der Waals surface area contributed by atoms with E-state index >= 15 is 0 Å². The highest BCUT2D eigenvalue weighted by atomic mass is 32.2. The fourth-order valence-electron chi connectivity index (χ4n) is 2.51. The number of carboxylic acids is 1. The summed E-state index contributed by atoms with van der Waals surface area (Å²) in [7, 11) is 0. The summed E-state index contributed by atoms with van der Waals surface area (Å²) in [5, 5.41) is 19.3. The number of thioether (sulfide) groups is 1. The Morgan fingerprint density at radius 2 is 2.00 bits per heavy atom. The number of amidine groups is 1. The molecule has 0 aromatic rings. The van der Waals surface area contributed by atoms with Crippen molar-refractivity contribution in [2.75, 3.05) is 5.75 Å². The third-order valence-electron chi connectivity index (χ3n) is 3.71. The minimum atomic E-state index is -0.989. The number of nitrogens with one attached hydrogen (secondary N) is 1. The van der Waals surface area contributed by atoms with Crippen molar-refractivity contribution < 1.29 is 19.5 Å². The number of carbonyl (C=O) groups excluding carboxylic acids is 2. The normalized spacial score (nSPS) is 21.8. The van der Waals surface area contributed by atoms with Gasteiger partial charge in [0.1, 0.15) is 0 Å². The van der Waals surface area contributed by atoms with E-state index in [0.29, 0.717) is 0 Å². The van der Waals surface area contributed by atoms with Gasteiger partial charge in [0.25, 0.3) is 5.91 Å². The van der Waals surface area contributed by atoms with Crippen LogP contribution in [0.4, 0.5) is 0 Å². The number of aliphatic imine (C=N–C) groups is 1. The fraction of sp³-hybridized carbons (Fsp3) is 0.714. The first-order valence-electron chi connectivity index (χ1n) is 7.72. The van der Waals surface area contributed by atoms with Crippen molar-refractivity contribution in [3.05, 3.63) is 0 Å². The van der Waals surface area contributed by atoms with Crippen molar-refractivity contribution in [2.45, 2.75) is 57.0 Å². The van der Waals surface area contributed by atoms with Gasteiger partial charge in [0.2, 0.25) is 11.1 Å². The molecule has 1 atom stereocenters.